The summed E-state index contributed by atoms with van der Waals surface area (Å²) in [4.78, 5) is 4.46. The van der Waals surface area contributed by atoms with Crippen molar-refractivity contribution in [1.29, 1.82) is 0 Å². The van der Waals surface area contributed by atoms with E-state index in [4.69, 9.17) is 0 Å². The van der Waals surface area contributed by atoms with E-state index in [1.54, 1.807) is 0 Å². The Hall–Kier alpha value is -1.57. The summed E-state index contributed by atoms with van der Waals surface area (Å²) in [5.41, 5.74) is 1.50. The zero-order valence-corrected chi connectivity index (χ0v) is 26.1. The summed E-state index contributed by atoms with van der Waals surface area (Å²) in [5.74, 6) is 0.693. The van der Waals surface area contributed by atoms with E-state index in [1.165, 1.54) is 160 Å². The number of hydrogen-bond acceptors (Lipinski definition) is 1. The summed E-state index contributed by atoms with van der Waals surface area (Å²) in [6, 6.07) is 11.8. The van der Waals surface area contributed by atoms with Gasteiger partial charge in [0.2, 0.25) is 0 Å². The second-order valence-electron chi connectivity index (χ2n) is 12.3. The highest BCUT2D eigenvalue weighted by Gasteiger charge is 2.23. The van der Waals surface area contributed by atoms with Crippen LogP contribution in [0.1, 0.15) is 173 Å². The maximum atomic E-state index is 4.46. The third kappa shape index (κ3) is 17.0. The maximum absolute atomic E-state index is 4.46. The number of hydrogen-bond donors (Lipinski definition) is 0. The highest BCUT2D eigenvalue weighted by atomic mass is 15.1. The number of aromatic nitrogens is 2. The van der Waals surface area contributed by atoms with E-state index in [-0.39, 0.29) is 0 Å². The molecule has 2 nitrogen and oxygen atoms in total. The molecule has 2 atom stereocenters. The Labute approximate surface area is 243 Å². The lowest BCUT2D eigenvalue weighted by Crippen LogP contribution is -2.21. The Morgan fingerprint density at radius 3 is 1.49 bits per heavy atom. The van der Waals surface area contributed by atoms with Crippen molar-refractivity contribution in [3.8, 4) is 0 Å². The van der Waals surface area contributed by atoms with E-state index in [2.05, 4.69) is 66.3 Å². The van der Waals surface area contributed by atoms with Crippen molar-refractivity contribution >= 4 is 0 Å². The minimum atomic E-state index is 0.574. The molecule has 0 amide bonds. The van der Waals surface area contributed by atoms with Gasteiger partial charge in [-0.2, -0.15) is 0 Å². The molecule has 2 unspecified atom stereocenters. The minimum absolute atomic E-state index is 0.574. The SMILES string of the molecule is CCCCCCCCCCCCCCC(C(CCCCCCCCCCC)Cc1ccccc1)n1ccnc1. The van der Waals surface area contributed by atoms with Crippen molar-refractivity contribution in [3.63, 3.8) is 0 Å². The topological polar surface area (TPSA) is 17.8 Å². The van der Waals surface area contributed by atoms with E-state index in [0.29, 0.717) is 12.0 Å². The van der Waals surface area contributed by atoms with Gasteiger partial charge in [-0.25, -0.2) is 4.98 Å². The van der Waals surface area contributed by atoms with Crippen molar-refractivity contribution in [2.75, 3.05) is 0 Å². The maximum Gasteiger partial charge on any atom is 0.0948 e. The van der Waals surface area contributed by atoms with Gasteiger partial charge >= 0.3 is 0 Å². The zero-order chi connectivity index (χ0) is 27.6. The molecule has 0 aliphatic heterocycles. The number of rotatable bonds is 27. The predicted molar refractivity (Wildman–Crippen MR) is 172 cm³/mol. The van der Waals surface area contributed by atoms with Crippen LogP contribution in [0.4, 0.5) is 0 Å². The molecule has 222 valence electrons. The lowest BCUT2D eigenvalue weighted by atomic mass is 9.84. The van der Waals surface area contributed by atoms with Crippen LogP contribution in [0.15, 0.2) is 49.1 Å². The molecule has 1 aromatic carbocycles. The van der Waals surface area contributed by atoms with Crippen LogP contribution in [0.25, 0.3) is 0 Å². The van der Waals surface area contributed by atoms with Gasteiger partial charge < -0.3 is 4.57 Å². The van der Waals surface area contributed by atoms with Crippen LogP contribution in [0.3, 0.4) is 0 Å². The molecule has 2 aromatic rings. The highest BCUT2D eigenvalue weighted by molar-refractivity contribution is 5.15. The fourth-order valence-corrected chi connectivity index (χ4v) is 6.35. The van der Waals surface area contributed by atoms with Crippen LogP contribution in [0.5, 0.6) is 0 Å². The second-order valence-corrected chi connectivity index (χ2v) is 12.3. The standard InChI is InChI=1S/C37H64N2/c1-3-5-7-9-11-13-14-15-17-19-21-26-30-37(39-32-31-38-34-39)36(33-35-27-23-22-24-28-35)29-25-20-18-16-12-10-8-6-4-2/h22-24,27-28,31-32,34,36-37H,3-21,25-26,29-30,33H2,1-2H3. The third-order valence-corrected chi connectivity index (χ3v) is 8.82. The smallest absolute Gasteiger partial charge is 0.0948 e. The molecule has 0 saturated carbocycles. The molecule has 0 radical (unpaired) electrons. The first-order valence-corrected chi connectivity index (χ1v) is 17.4. The molecule has 2 rings (SSSR count). The number of unbranched alkanes of at least 4 members (excludes halogenated alkanes) is 19. The lowest BCUT2D eigenvalue weighted by Gasteiger charge is -2.29. The fourth-order valence-electron chi connectivity index (χ4n) is 6.35. The van der Waals surface area contributed by atoms with Gasteiger partial charge in [-0.1, -0.05) is 179 Å². The van der Waals surface area contributed by atoms with E-state index < -0.39 is 0 Å². The molecule has 1 heterocycles. The number of imidazole rings is 1. The normalized spacial score (nSPS) is 13.1. The molecule has 0 saturated heterocycles. The van der Waals surface area contributed by atoms with Gasteiger partial charge in [0.15, 0.2) is 0 Å². The van der Waals surface area contributed by atoms with Gasteiger partial charge in [-0.05, 0) is 30.7 Å². The molecular formula is C37H64N2. The van der Waals surface area contributed by atoms with E-state index in [0.717, 1.165) is 0 Å². The molecule has 1 aromatic heterocycles. The Kier molecular flexibility index (Phi) is 20.9. The van der Waals surface area contributed by atoms with Crippen molar-refractivity contribution in [1.82, 2.24) is 9.55 Å². The summed E-state index contributed by atoms with van der Waals surface area (Å²) < 4.78 is 2.44. The summed E-state index contributed by atoms with van der Waals surface area (Å²) in [6.07, 6.45) is 39.8. The zero-order valence-electron chi connectivity index (χ0n) is 26.1. The molecule has 0 bridgehead atoms. The molecular weight excluding hydrogens is 472 g/mol. The van der Waals surface area contributed by atoms with Crippen molar-refractivity contribution in [3.05, 3.63) is 54.6 Å². The molecule has 0 aliphatic carbocycles. The van der Waals surface area contributed by atoms with Crippen molar-refractivity contribution in [2.24, 2.45) is 5.92 Å². The number of benzene rings is 1. The molecule has 0 spiro atoms. The summed E-state index contributed by atoms with van der Waals surface area (Å²) in [6.45, 7) is 4.61. The Bertz CT molecular complexity index is 738. The van der Waals surface area contributed by atoms with Gasteiger partial charge in [0.1, 0.15) is 0 Å². The van der Waals surface area contributed by atoms with Crippen LogP contribution in [0, 0.1) is 5.92 Å². The Morgan fingerprint density at radius 1 is 0.564 bits per heavy atom. The molecule has 2 heteroatoms. The quantitative estimate of drug-likeness (QED) is 0.104. The van der Waals surface area contributed by atoms with Crippen molar-refractivity contribution < 1.29 is 0 Å². The van der Waals surface area contributed by atoms with E-state index in [9.17, 15) is 0 Å². The van der Waals surface area contributed by atoms with Gasteiger partial charge in [0.05, 0.1) is 6.33 Å². The molecule has 39 heavy (non-hydrogen) atoms. The Balaban J connectivity index is 1.76. The van der Waals surface area contributed by atoms with Crippen molar-refractivity contribution in [2.45, 2.75) is 174 Å². The van der Waals surface area contributed by atoms with E-state index >= 15 is 0 Å². The summed E-state index contributed by atoms with van der Waals surface area (Å²) in [7, 11) is 0. The summed E-state index contributed by atoms with van der Waals surface area (Å²) >= 11 is 0. The first-order valence-electron chi connectivity index (χ1n) is 17.4. The first-order chi connectivity index (χ1) is 19.3. The van der Waals surface area contributed by atoms with Gasteiger partial charge in [-0.3, -0.25) is 0 Å². The van der Waals surface area contributed by atoms with Crippen LogP contribution < -0.4 is 0 Å². The van der Waals surface area contributed by atoms with Gasteiger partial charge in [0, 0.05) is 18.4 Å². The average Bonchev–Trinajstić information content (AvgIpc) is 3.49. The average molecular weight is 537 g/mol. The van der Waals surface area contributed by atoms with Crippen LogP contribution in [-0.4, -0.2) is 9.55 Å². The summed E-state index contributed by atoms with van der Waals surface area (Å²) in [5, 5.41) is 0. The molecule has 0 aliphatic rings. The van der Waals surface area contributed by atoms with Crippen LogP contribution in [-0.2, 0) is 6.42 Å². The lowest BCUT2D eigenvalue weighted by molar-refractivity contribution is 0.275. The van der Waals surface area contributed by atoms with Gasteiger partial charge in [0.25, 0.3) is 0 Å². The monoisotopic (exact) mass is 537 g/mol. The first kappa shape index (κ1) is 33.6. The number of nitrogens with zero attached hydrogens (tertiary/aromatic N) is 2. The largest absolute Gasteiger partial charge is 0.334 e. The van der Waals surface area contributed by atoms with Crippen LogP contribution in [0.2, 0.25) is 0 Å². The predicted octanol–water partition coefficient (Wildman–Crippen LogP) is 12.3. The molecule has 0 fully saturated rings. The second kappa shape index (κ2) is 24.2. The van der Waals surface area contributed by atoms with E-state index in [1.807, 2.05) is 6.20 Å². The van der Waals surface area contributed by atoms with Crippen LogP contribution >= 0.6 is 0 Å². The minimum Gasteiger partial charge on any atom is -0.334 e. The third-order valence-electron chi connectivity index (χ3n) is 8.82. The fraction of sp³-hybridized carbons (Fsp3) is 0.757. The van der Waals surface area contributed by atoms with Gasteiger partial charge in [-0.15, -0.1) is 0 Å². The Morgan fingerprint density at radius 2 is 1.03 bits per heavy atom. The molecule has 0 N–H and O–H groups in total. The highest BCUT2D eigenvalue weighted by Crippen LogP contribution is 2.32.